The fourth-order valence-corrected chi connectivity index (χ4v) is 3.34. The molecule has 1 rings (SSSR count). The molecule has 1 N–H and O–H groups in total. The third-order valence-corrected chi connectivity index (χ3v) is 3.23. The smallest absolute Gasteiger partial charge is 0.0810 e. The summed E-state index contributed by atoms with van der Waals surface area (Å²) in [5.41, 5.74) is -1.78. The Morgan fingerprint density at radius 3 is 1.81 bits per heavy atom. The van der Waals surface area contributed by atoms with Gasteiger partial charge >= 0.3 is 0 Å². The zero-order chi connectivity index (χ0) is 12.8. The van der Waals surface area contributed by atoms with Gasteiger partial charge in [-0.15, -0.1) is 10.3 Å². The molecule has 0 aromatic rings. The van der Waals surface area contributed by atoms with Crippen LogP contribution in [-0.2, 0) is 5.21 Å². The van der Waals surface area contributed by atoms with Crippen LogP contribution in [0.5, 0.6) is 0 Å². The van der Waals surface area contributed by atoms with Crippen molar-refractivity contribution in [3.8, 4) is 0 Å². The molecule has 1 fully saturated rings. The molecule has 1 heterocycles. The van der Waals surface area contributed by atoms with Crippen LogP contribution in [0.25, 0.3) is 0 Å². The minimum Gasteiger partial charge on any atom is -0.388 e. The minimum atomic E-state index is -0.766. The molecule has 0 aliphatic carbocycles. The highest BCUT2D eigenvalue weighted by molar-refractivity contribution is 5.04. The fourth-order valence-electron chi connectivity index (χ4n) is 3.34. The van der Waals surface area contributed by atoms with E-state index in [1.54, 1.807) is 0 Å². The van der Waals surface area contributed by atoms with Crippen molar-refractivity contribution >= 4 is 0 Å². The van der Waals surface area contributed by atoms with E-state index in [1.165, 1.54) is 0 Å². The van der Waals surface area contributed by atoms with E-state index in [9.17, 15) is 10.3 Å². The normalized spacial score (nSPS) is 28.3. The van der Waals surface area contributed by atoms with Crippen molar-refractivity contribution in [2.45, 2.75) is 57.2 Å². The molecule has 1 aliphatic heterocycles. The van der Waals surface area contributed by atoms with E-state index in [2.05, 4.69) is 0 Å². The molecule has 0 saturated carbocycles. The predicted octanol–water partition coefficient (Wildman–Crippen LogP) is 1.28. The van der Waals surface area contributed by atoms with Crippen molar-refractivity contribution in [1.29, 1.82) is 0 Å². The van der Waals surface area contributed by atoms with Gasteiger partial charge in [0.05, 0.1) is 5.60 Å². The number of piperidine rings is 1. The molecule has 4 nitrogen and oxygen atoms in total. The Balaban J connectivity index is 2.93. The van der Waals surface area contributed by atoms with Gasteiger partial charge in [-0.1, -0.05) is 0 Å². The number of hydrogen-bond donors (Lipinski definition) is 1. The Labute approximate surface area is 98.8 Å². The predicted molar refractivity (Wildman–Crippen MR) is 63.4 cm³/mol. The second kappa shape index (κ2) is 3.95. The summed E-state index contributed by atoms with van der Waals surface area (Å²) in [4.78, 5) is 1.98. The molecule has 4 heteroatoms. The summed E-state index contributed by atoms with van der Waals surface area (Å²) in [6.45, 7) is 8.22. The lowest BCUT2D eigenvalue weighted by atomic mass is 9.72. The third kappa shape index (κ3) is 2.74. The van der Waals surface area contributed by atoms with Gasteiger partial charge in [-0.2, -0.15) is 0 Å². The van der Waals surface area contributed by atoms with E-state index in [1.807, 2.05) is 46.7 Å². The van der Waals surface area contributed by atoms with Gasteiger partial charge in [0.1, 0.15) is 0 Å². The molecule has 1 aliphatic rings. The van der Waals surface area contributed by atoms with E-state index in [-0.39, 0.29) is 0 Å². The lowest BCUT2D eigenvalue weighted by molar-refractivity contribution is -0.312. The molecule has 0 aromatic carbocycles. The highest BCUT2D eigenvalue weighted by atomic mass is 16.5. The molecule has 16 heavy (non-hydrogen) atoms. The summed E-state index contributed by atoms with van der Waals surface area (Å²) in [5.74, 6) is 0. The lowest BCUT2D eigenvalue weighted by Gasteiger charge is -2.53. The average molecular weight is 229 g/mol. The number of hydrogen-bond acceptors (Lipinski definition) is 3. The molecule has 0 spiro atoms. The van der Waals surface area contributed by atoms with Crippen LogP contribution in [0.4, 0.5) is 0 Å². The first-order chi connectivity index (χ1) is 6.99. The number of aliphatic hydroxyl groups is 1. The summed E-state index contributed by atoms with van der Waals surface area (Å²) in [5, 5.41) is 23.9. The Morgan fingerprint density at radius 2 is 1.50 bits per heavy atom. The van der Waals surface area contributed by atoms with Crippen molar-refractivity contribution in [2.75, 3.05) is 20.6 Å². The summed E-state index contributed by atoms with van der Waals surface area (Å²) < 4.78 is 0. The van der Waals surface area contributed by atoms with Gasteiger partial charge < -0.3 is 10.0 Å². The van der Waals surface area contributed by atoms with Crippen LogP contribution in [0.1, 0.15) is 40.5 Å². The minimum absolute atomic E-state index is 0.507. The maximum absolute atomic E-state index is 12.1. The largest absolute Gasteiger partial charge is 0.388 e. The number of rotatable bonds is 2. The van der Waals surface area contributed by atoms with E-state index in [0.717, 1.165) is 5.06 Å². The highest BCUT2D eigenvalue weighted by Crippen LogP contribution is 2.42. The monoisotopic (exact) mass is 229 g/mol. The molecular formula is C12H25N2O2. The molecule has 1 radical (unpaired) electrons. The summed E-state index contributed by atoms with van der Waals surface area (Å²) in [7, 11) is 3.89. The molecule has 0 bridgehead atoms. The first kappa shape index (κ1) is 13.9. The van der Waals surface area contributed by atoms with Crippen molar-refractivity contribution in [2.24, 2.45) is 0 Å². The molecule has 0 aromatic heterocycles. The van der Waals surface area contributed by atoms with Crippen molar-refractivity contribution in [3.05, 3.63) is 0 Å². The number of nitrogens with zero attached hydrogens (tertiary/aromatic N) is 2. The zero-order valence-electron chi connectivity index (χ0n) is 11.4. The summed E-state index contributed by atoms with van der Waals surface area (Å²) in [6.07, 6.45) is 1.04. The summed E-state index contributed by atoms with van der Waals surface area (Å²) >= 11 is 0. The Kier molecular flexibility index (Phi) is 3.43. The number of likely N-dealkylation sites (N-methyl/N-ethyl adjacent to an activating group) is 1. The Morgan fingerprint density at radius 1 is 1.12 bits per heavy atom. The highest BCUT2D eigenvalue weighted by Gasteiger charge is 2.52. The van der Waals surface area contributed by atoms with Crippen LogP contribution >= 0.6 is 0 Å². The van der Waals surface area contributed by atoms with Gasteiger partial charge in [-0.25, -0.2) is 0 Å². The molecule has 95 valence electrons. The molecule has 1 saturated heterocycles. The third-order valence-electron chi connectivity index (χ3n) is 3.23. The first-order valence-corrected chi connectivity index (χ1v) is 5.83. The SMILES string of the molecule is CN(C)CC1(O)CC(C)(C)N([O])C(C)(C)C1. The van der Waals surface area contributed by atoms with Crippen molar-refractivity contribution in [3.63, 3.8) is 0 Å². The van der Waals surface area contributed by atoms with Crippen LogP contribution in [-0.4, -0.2) is 52.4 Å². The molecular weight excluding hydrogens is 204 g/mol. The Hall–Kier alpha value is -0.160. The average Bonchev–Trinajstić information content (AvgIpc) is 1.95. The van der Waals surface area contributed by atoms with Crippen LogP contribution < -0.4 is 0 Å². The Bertz CT molecular complexity index is 244. The van der Waals surface area contributed by atoms with Crippen LogP contribution in [0.2, 0.25) is 0 Å². The quantitative estimate of drug-likeness (QED) is 0.776. The summed E-state index contributed by atoms with van der Waals surface area (Å²) in [6, 6.07) is 0. The topological polar surface area (TPSA) is 46.6 Å². The van der Waals surface area contributed by atoms with Crippen LogP contribution in [0.3, 0.4) is 0 Å². The van der Waals surface area contributed by atoms with Gasteiger partial charge in [-0.3, -0.25) is 0 Å². The number of hydroxylamine groups is 2. The lowest BCUT2D eigenvalue weighted by Crippen LogP contribution is -2.65. The van der Waals surface area contributed by atoms with E-state index < -0.39 is 16.7 Å². The van der Waals surface area contributed by atoms with Gasteiger partial charge in [0, 0.05) is 17.6 Å². The maximum Gasteiger partial charge on any atom is 0.0810 e. The van der Waals surface area contributed by atoms with E-state index >= 15 is 0 Å². The standard InChI is InChI=1S/C12H25N2O2/c1-10(2)7-12(15,9-13(5)6)8-11(3,4)14(10)16/h15H,7-9H2,1-6H3. The molecule has 0 amide bonds. The van der Waals surface area contributed by atoms with E-state index in [4.69, 9.17) is 0 Å². The van der Waals surface area contributed by atoms with Gasteiger partial charge in [0.2, 0.25) is 0 Å². The fraction of sp³-hybridized carbons (Fsp3) is 1.00. The maximum atomic E-state index is 12.1. The molecule has 0 atom stereocenters. The van der Waals surface area contributed by atoms with Crippen molar-refractivity contribution in [1.82, 2.24) is 9.96 Å². The zero-order valence-corrected chi connectivity index (χ0v) is 11.4. The van der Waals surface area contributed by atoms with E-state index in [0.29, 0.717) is 19.4 Å². The van der Waals surface area contributed by atoms with Crippen LogP contribution in [0.15, 0.2) is 0 Å². The van der Waals surface area contributed by atoms with Crippen LogP contribution in [0, 0.1) is 0 Å². The van der Waals surface area contributed by atoms with Gasteiger partial charge in [0.15, 0.2) is 0 Å². The van der Waals surface area contributed by atoms with Gasteiger partial charge in [0.25, 0.3) is 0 Å². The molecule has 0 unspecified atom stereocenters. The second-order valence-electron chi connectivity index (χ2n) is 6.73. The second-order valence-corrected chi connectivity index (χ2v) is 6.73. The van der Waals surface area contributed by atoms with Gasteiger partial charge in [-0.05, 0) is 54.6 Å². The van der Waals surface area contributed by atoms with Crippen molar-refractivity contribution < 1.29 is 10.3 Å². The first-order valence-electron chi connectivity index (χ1n) is 5.83.